The van der Waals surface area contributed by atoms with E-state index in [0.29, 0.717) is 5.56 Å². The lowest BCUT2D eigenvalue weighted by Crippen LogP contribution is -2.35. The second-order valence-electron chi connectivity index (χ2n) is 2.44. The lowest BCUT2D eigenvalue weighted by atomic mass is 9.80. The van der Waals surface area contributed by atoms with E-state index in [1.165, 1.54) is 0 Å². The van der Waals surface area contributed by atoms with Gasteiger partial charge in [0.05, 0.1) is 4.22 Å². The maximum atomic E-state index is 10.9. The average Bonchev–Trinajstić information content (AvgIpc) is 2.06. The Morgan fingerprint density at radius 2 is 1.92 bits per heavy atom. The maximum absolute atomic E-state index is 10.9. The van der Waals surface area contributed by atoms with Gasteiger partial charge < -0.3 is 5.73 Å². The zero-order valence-corrected chi connectivity index (χ0v) is 7.91. The lowest BCUT2D eigenvalue weighted by molar-refractivity contribution is -0.118. The minimum Gasteiger partial charge on any atom is -0.369 e. The van der Waals surface area contributed by atoms with Crippen molar-refractivity contribution in [1.82, 2.24) is 0 Å². The zero-order chi connectivity index (χ0) is 9.19. The molecule has 1 aromatic carbocycles. The molecule has 0 saturated carbocycles. The van der Waals surface area contributed by atoms with Gasteiger partial charge in [-0.15, -0.1) is 0 Å². The predicted molar refractivity (Wildman–Crippen MR) is 52.0 cm³/mol. The summed E-state index contributed by atoms with van der Waals surface area (Å²) >= 11 is 3.06. The molecule has 0 heterocycles. The lowest BCUT2D eigenvalue weighted by Gasteiger charge is -2.18. The molecule has 0 spiro atoms. The molecule has 4 heteroatoms. The van der Waals surface area contributed by atoms with E-state index in [0.717, 1.165) is 0 Å². The number of primary amides is 1. The van der Waals surface area contributed by atoms with Gasteiger partial charge in [0.2, 0.25) is 5.91 Å². The summed E-state index contributed by atoms with van der Waals surface area (Å²) in [5, 5.41) is 0. The maximum Gasteiger partial charge on any atom is 0.229 e. The van der Waals surface area contributed by atoms with E-state index in [2.05, 4.69) is 15.9 Å². The number of rotatable bonds is 2. The summed E-state index contributed by atoms with van der Waals surface area (Å²) in [5.41, 5.74) is 5.74. The first-order valence-corrected chi connectivity index (χ1v) is 4.17. The molecule has 0 aliphatic carbocycles. The first kappa shape index (κ1) is 9.32. The summed E-state index contributed by atoms with van der Waals surface area (Å²) in [6, 6.07) is 8.90. The molecule has 1 atom stereocenters. The number of benzene rings is 1. The molecule has 1 unspecified atom stereocenters. The van der Waals surface area contributed by atoms with E-state index in [1.807, 2.05) is 6.07 Å². The molecular formula is C8H7BBrNO. The Kier molecular flexibility index (Phi) is 2.57. The highest BCUT2D eigenvalue weighted by molar-refractivity contribution is 9.10. The number of nitrogens with two attached hydrogens (primary N) is 1. The van der Waals surface area contributed by atoms with Gasteiger partial charge in [0.25, 0.3) is 0 Å². The highest BCUT2D eigenvalue weighted by atomic mass is 79.9. The van der Waals surface area contributed by atoms with E-state index in [9.17, 15) is 4.79 Å². The van der Waals surface area contributed by atoms with Gasteiger partial charge in [-0.1, -0.05) is 46.3 Å². The summed E-state index contributed by atoms with van der Waals surface area (Å²) in [7, 11) is 5.62. The van der Waals surface area contributed by atoms with Gasteiger partial charge in [-0.25, -0.2) is 0 Å². The Bertz CT molecular complexity index is 286. The van der Waals surface area contributed by atoms with Crippen molar-refractivity contribution in [2.75, 3.05) is 0 Å². The van der Waals surface area contributed by atoms with Crippen LogP contribution in [0.4, 0.5) is 0 Å². The standard InChI is InChI=1S/C8H7BBrNO/c9-8(10,7(11)12)6-4-2-1-3-5-6/h1-5H,(H2,11,12). The molecule has 0 aromatic heterocycles. The summed E-state index contributed by atoms with van der Waals surface area (Å²) in [4.78, 5) is 10.9. The van der Waals surface area contributed by atoms with Crippen LogP contribution in [0.2, 0.25) is 0 Å². The fourth-order valence-corrected chi connectivity index (χ4v) is 1.09. The topological polar surface area (TPSA) is 43.1 Å². The number of hydrogen-bond donors (Lipinski definition) is 1. The summed E-state index contributed by atoms with van der Waals surface area (Å²) in [6.45, 7) is 0. The number of carbonyl (C=O) groups excluding carboxylic acids is 1. The van der Waals surface area contributed by atoms with E-state index >= 15 is 0 Å². The van der Waals surface area contributed by atoms with Gasteiger partial charge in [0.1, 0.15) is 7.85 Å². The molecule has 0 bridgehead atoms. The van der Waals surface area contributed by atoms with Crippen molar-refractivity contribution in [3.8, 4) is 0 Å². The SMILES string of the molecule is [B]C(Br)(C(N)=O)c1ccccc1. The molecule has 1 aromatic rings. The van der Waals surface area contributed by atoms with Crippen molar-refractivity contribution in [3.05, 3.63) is 35.9 Å². The molecule has 60 valence electrons. The number of amides is 1. The van der Waals surface area contributed by atoms with Gasteiger partial charge in [-0.2, -0.15) is 0 Å². The Morgan fingerprint density at radius 3 is 2.33 bits per heavy atom. The van der Waals surface area contributed by atoms with Crippen molar-refractivity contribution in [2.24, 2.45) is 5.73 Å². The number of halogens is 1. The largest absolute Gasteiger partial charge is 0.369 e. The molecular weight excluding hydrogens is 217 g/mol. The predicted octanol–water partition coefficient (Wildman–Crippen LogP) is 0.888. The number of carbonyl (C=O) groups is 1. The third-order valence-corrected chi connectivity index (χ3v) is 2.40. The van der Waals surface area contributed by atoms with Crippen molar-refractivity contribution >= 4 is 29.7 Å². The third-order valence-electron chi connectivity index (χ3n) is 1.55. The second-order valence-corrected chi connectivity index (χ2v) is 3.69. The molecule has 2 radical (unpaired) electrons. The normalized spacial score (nSPS) is 15.1. The first-order valence-electron chi connectivity index (χ1n) is 3.38. The summed E-state index contributed by atoms with van der Waals surface area (Å²) in [5.74, 6) is -0.603. The highest BCUT2D eigenvalue weighted by Gasteiger charge is 2.28. The van der Waals surface area contributed by atoms with Gasteiger partial charge in [0, 0.05) is 0 Å². The zero-order valence-electron chi connectivity index (χ0n) is 6.33. The molecule has 1 amide bonds. The van der Waals surface area contributed by atoms with Crippen LogP contribution >= 0.6 is 15.9 Å². The molecule has 0 fully saturated rings. The number of hydrogen-bond acceptors (Lipinski definition) is 1. The molecule has 1 rings (SSSR count). The van der Waals surface area contributed by atoms with Crippen LogP contribution in [-0.2, 0) is 9.02 Å². The fraction of sp³-hybridized carbons (Fsp3) is 0.125. The minimum absolute atomic E-state index is 0.603. The fourth-order valence-electron chi connectivity index (χ4n) is 0.823. The Hall–Kier alpha value is -0.765. The van der Waals surface area contributed by atoms with Gasteiger partial charge in [-0.05, 0) is 5.56 Å². The Labute approximate surface area is 80.7 Å². The Morgan fingerprint density at radius 1 is 1.42 bits per heavy atom. The van der Waals surface area contributed by atoms with Gasteiger partial charge in [0.15, 0.2) is 0 Å². The van der Waals surface area contributed by atoms with E-state index in [1.54, 1.807) is 24.3 Å². The number of alkyl halides is 1. The van der Waals surface area contributed by atoms with Crippen LogP contribution in [0.5, 0.6) is 0 Å². The third kappa shape index (κ3) is 1.69. The van der Waals surface area contributed by atoms with Crippen molar-refractivity contribution in [1.29, 1.82) is 0 Å². The van der Waals surface area contributed by atoms with Crippen molar-refractivity contribution in [3.63, 3.8) is 0 Å². The van der Waals surface area contributed by atoms with Gasteiger partial charge in [-0.3, -0.25) is 4.79 Å². The van der Waals surface area contributed by atoms with Crippen LogP contribution < -0.4 is 5.73 Å². The summed E-state index contributed by atoms with van der Waals surface area (Å²) in [6.07, 6.45) is 0. The van der Waals surface area contributed by atoms with Crippen LogP contribution in [0, 0.1) is 0 Å². The summed E-state index contributed by atoms with van der Waals surface area (Å²) < 4.78 is -1.26. The van der Waals surface area contributed by atoms with Crippen LogP contribution in [-0.4, -0.2) is 13.8 Å². The molecule has 0 aliphatic rings. The van der Waals surface area contributed by atoms with Crippen LogP contribution in [0.3, 0.4) is 0 Å². The van der Waals surface area contributed by atoms with Crippen LogP contribution in [0.25, 0.3) is 0 Å². The smallest absolute Gasteiger partial charge is 0.229 e. The van der Waals surface area contributed by atoms with E-state index in [-0.39, 0.29) is 0 Å². The van der Waals surface area contributed by atoms with Crippen molar-refractivity contribution in [2.45, 2.75) is 4.22 Å². The minimum atomic E-state index is -1.26. The van der Waals surface area contributed by atoms with E-state index in [4.69, 9.17) is 13.6 Å². The molecule has 0 aliphatic heterocycles. The van der Waals surface area contributed by atoms with Crippen LogP contribution in [0.15, 0.2) is 30.3 Å². The van der Waals surface area contributed by atoms with Crippen molar-refractivity contribution < 1.29 is 4.79 Å². The monoisotopic (exact) mass is 223 g/mol. The van der Waals surface area contributed by atoms with Gasteiger partial charge >= 0.3 is 0 Å². The highest BCUT2D eigenvalue weighted by Crippen LogP contribution is 2.26. The Balaban J connectivity index is 3.06. The molecule has 12 heavy (non-hydrogen) atoms. The van der Waals surface area contributed by atoms with E-state index < -0.39 is 10.1 Å². The second kappa shape index (κ2) is 3.31. The molecule has 2 N–H and O–H groups in total. The molecule has 0 saturated heterocycles. The quantitative estimate of drug-likeness (QED) is 0.588. The molecule has 2 nitrogen and oxygen atoms in total. The van der Waals surface area contributed by atoms with Crippen LogP contribution in [0.1, 0.15) is 5.56 Å². The first-order chi connectivity index (χ1) is 5.55. The average molecular weight is 224 g/mol.